The lowest BCUT2D eigenvalue weighted by atomic mass is 10.0. The molecule has 1 heterocycles. The number of hydrogen-bond acceptors (Lipinski definition) is 1. The average Bonchev–Trinajstić information content (AvgIpc) is 2.67. The number of pyridine rings is 1. The fourth-order valence-corrected chi connectivity index (χ4v) is 2.63. The highest BCUT2D eigenvalue weighted by Crippen LogP contribution is 2.19. The highest BCUT2D eigenvalue weighted by molar-refractivity contribution is 5.94. The molecule has 0 spiro atoms. The van der Waals surface area contributed by atoms with Crippen LogP contribution in [0.25, 0.3) is 11.1 Å². The number of amides is 1. The number of carbonyl (C=O) groups excluding carboxylic acids is 1. The van der Waals surface area contributed by atoms with Gasteiger partial charge in [-0.15, -0.1) is 0 Å². The molecule has 0 saturated heterocycles. The molecule has 24 heavy (non-hydrogen) atoms. The summed E-state index contributed by atoms with van der Waals surface area (Å²) in [6, 6.07) is 24.0. The zero-order chi connectivity index (χ0) is 16.8. The van der Waals surface area contributed by atoms with Crippen molar-refractivity contribution in [2.75, 3.05) is 13.6 Å². The third kappa shape index (κ3) is 3.87. The molecular weight excluding hydrogens is 296 g/mol. The zero-order valence-electron chi connectivity index (χ0n) is 13.8. The lowest BCUT2D eigenvalue weighted by Gasteiger charge is -2.16. The molecule has 0 radical (unpaired) electrons. The predicted octanol–water partition coefficient (Wildman–Crippen LogP) is 3.48. The molecule has 0 aliphatic carbocycles. The number of rotatable bonds is 5. The van der Waals surface area contributed by atoms with Crippen molar-refractivity contribution in [2.45, 2.75) is 6.42 Å². The van der Waals surface area contributed by atoms with Crippen LogP contribution in [-0.4, -0.2) is 24.4 Å². The van der Waals surface area contributed by atoms with Crippen LogP contribution in [0.5, 0.6) is 0 Å². The van der Waals surface area contributed by atoms with Crippen LogP contribution in [0.3, 0.4) is 0 Å². The Morgan fingerprint density at radius 1 is 0.875 bits per heavy atom. The van der Waals surface area contributed by atoms with E-state index < -0.39 is 0 Å². The van der Waals surface area contributed by atoms with Crippen molar-refractivity contribution < 1.29 is 9.78 Å². The van der Waals surface area contributed by atoms with E-state index >= 15 is 0 Å². The summed E-state index contributed by atoms with van der Waals surface area (Å²) in [7, 11) is 1.84. The number of aromatic nitrogens is 1. The summed E-state index contributed by atoms with van der Waals surface area (Å²) in [4.78, 5) is 17.5. The summed E-state index contributed by atoms with van der Waals surface area (Å²) in [5.41, 5.74) is 4.11. The Kier molecular flexibility index (Phi) is 5.02. The molecule has 1 aromatic heterocycles. The van der Waals surface area contributed by atoms with Crippen molar-refractivity contribution in [1.82, 2.24) is 4.90 Å². The van der Waals surface area contributed by atoms with Gasteiger partial charge in [-0.2, -0.15) is 0 Å². The van der Waals surface area contributed by atoms with Gasteiger partial charge >= 0.3 is 0 Å². The molecular formula is C21H21N2O+. The van der Waals surface area contributed by atoms with E-state index in [-0.39, 0.29) is 5.91 Å². The van der Waals surface area contributed by atoms with Gasteiger partial charge in [-0.25, -0.2) is 4.98 Å². The lowest BCUT2D eigenvalue weighted by molar-refractivity contribution is -0.390. The van der Waals surface area contributed by atoms with Crippen molar-refractivity contribution in [3.63, 3.8) is 0 Å². The van der Waals surface area contributed by atoms with E-state index in [1.54, 1.807) is 4.90 Å². The molecule has 3 aromatic rings. The van der Waals surface area contributed by atoms with E-state index in [1.807, 2.05) is 73.9 Å². The summed E-state index contributed by atoms with van der Waals surface area (Å²) < 4.78 is 0. The van der Waals surface area contributed by atoms with Crippen molar-refractivity contribution in [2.24, 2.45) is 0 Å². The normalized spacial score (nSPS) is 10.4. The smallest absolute Gasteiger partial charge is 0.253 e. The molecule has 0 saturated carbocycles. The van der Waals surface area contributed by atoms with Gasteiger partial charge in [-0.1, -0.05) is 48.5 Å². The quantitative estimate of drug-likeness (QED) is 0.709. The first-order chi connectivity index (χ1) is 11.7. The van der Waals surface area contributed by atoms with Crippen LogP contribution in [0.4, 0.5) is 0 Å². The number of carbonyl (C=O) groups is 1. The van der Waals surface area contributed by atoms with Crippen LogP contribution in [0.2, 0.25) is 0 Å². The predicted molar refractivity (Wildman–Crippen MR) is 95.5 cm³/mol. The Hall–Kier alpha value is -2.94. The molecule has 0 aliphatic rings. The first kappa shape index (κ1) is 15.9. The molecule has 0 bridgehead atoms. The lowest BCUT2D eigenvalue weighted by Crippen LogP contribution is -2.30. The minimum Gasteiger partial charge on any atom is -0.341 e. The molecule has 1 N–H and O–H groups in total. The minimum atomic E-state index is 0.0468. The standard InChI is InChI=1S/C21H20N2O/c1-23(16-14-20-9-5-6-15-22-20)21(24)19-12-10-18(11-13-19)17-7-3-2-4-8-17/h2-13,15H,14,16H2,1H3/p+1. The van der Waals surface area contributed by atoms with E-state index in [0.717, 1.165) is 23.2 Å². The number of hydrogen-bond donors (Lipinski definition) is 0. The van der Waals surface area contributed by atoms with Crippen molar-refractivity contribution in [1.29, 1.82) is 0 Å². The van der Waals surface area contributed by atoms with Gasteiger partial charge < -0.3 is 4.90 Å². The first-order valence-corrected chi connectivity index (χ1v) is 8.10. The molecule has 0 fully saturated rings. The molecule has 3 heteroatoms. The molecule has 1 amide bonds. The van der Waals surface area contributed by atoms with Crippen LogP contribution >= 0.6 is 0 Å². The minimum absolute atomic E-state index is 0.0468. The number of benzene rings is 2. The fraction of sp³-hybridized carbons (Fsp3) is 0.143. The van der Waals surface area contributed by atoms with Crippen molar-refractivity contribution >= 4 is 5.91 Å². The van der Waals surface area contributed by atoms with Crippen LogP contribution in [-0.2, 0) is 6.42 Å². The second-order valence-electron chi connectivity index (χ2n) is 5.81. The van der Waals surface area contributed by atoms with E-state index in [0.29, 0.717) is 12.1 Å². The van der Waals surface area contributed by atoms with Gasteiger partial charge in [0.2, 0.25) is 0 Å². The maximum atomic E-state index is 12.5. The topological polar surface area (TPSA) is 34.5 Å². The molecule has 0 aliphatic heterocycles. The van der Waals surface area contributed by atoms with E-state index in [4.69, 9.17) is 0 Å². The second-order valence-corrected chi connectivity index (χ2v) is 5.81. The number of likely N-dealkylation sites (N-methyl/N-ethyl adjacent to an activating group) is 1. The summed E-state index contributed by atoms with van der Waals surface area (Å²) in [5, 5.41) is 0. The van der Waals surface area contributed by atoms with E-state index in [1.165, 1.54) is 0 Å². The average molecular weight is 317 g/mol. The SMILES string of the molecule is CN(CCc1cccc[nH+]1)C(=O)c1ccc(-c2ccccc2)cc1. The number of aromatic amines is 1. The first-order valence-electron chi connectivity index (χ1n) is 8.10. The van der Waals surface area contributed by atoms with Gasteiger partial charge in [0.1, 0.15) is 0 Å². The molecule has 2 aromatic carbocycles. The van der Waals surface area contributed by atoms with Crippen LogP contribution in [0, 0.1) is 0 Å². The Labute approximate surface area is 142 Å². The fourth-order valence-electron chi connectivity index (χ4n) is 2.63. The summed E-state index contributed by atoms with van der Waals surface area (Å²) in [6.07, 6.45) is 2.71. The molecule has 3 nitrogen and oxygen atoms in total. The Morgan fingerprint density at radius 3 is 2.21 bits per heavy atom. The Balaban J connectivity index is 1.64. The highest BCUT2D eigenvalue weighted by Gasteiger charge is 2.12. The maximum absolute atomic E-state index is 12.5. The number of nitrogens with one attached hydrogen (secondary N) is 1. The monoisotopic (exact) mass is 317 g/mol. The van der Waals surface area contributed by atoms with Crippen LogP contribution in [0.15, 0.2) is 79.0 Å². The maximum Gasteiger partial charge on any atom is 0.253 e. The number of H-pyrrole nitrogens is 1. The van der Waals surface area contributed by atoms with E-state index in [2.05, 4.69) is 17.1 Å². The third-order valence-electron chi connectivity index (χ3n) is 4.08. The number of nitrogens with zero attached hydrogens (tertiary/aromatic N) is 1. The Morgan fingerprint density at radius 2 is 1.54 bits per heavy atom. The Bertz CT molecular complexity index is 783. The van der Waals surface area contributed by atoms with Gasteiger partial charge in [-0.3, -0.25) is 4.79 Å². The zero-order valence-corrected chi connectivity index (χ0v) is 13.8. The summed E-state index contributed by atoms with van der Waals surface area (Å²) >= 11 is 0. The van der Waals surface area contributed by atoms with E-state index in [9.17, 15) is 4.79 Å². The van der Waals surface area contributed by atoms with Crippen LogP contribution < -0.4 is 4.98 Å². The largest absolute Gasteiger partial charge is 0.341 e. The van der Waals surface area contributed by atoms with Crippen molar-refractivity contribution in [3.8, 4) is 11.1 Å². The molecule has 0 atom stereocenters. The van der Waals surface area contributed by atoms with Gasteiger partial charge in [0.15, 0.2) is 11.9 Å². The van der Waals surface area contributed by atoms with Gasteiger partial charge in [0.25, 0.3) is 5.91 Å². The summed E-state index contributed by atoms with van der Waals surface area (Å²) in [5.74, 6) is 0.0468. The third-order valence-corrected chi connectivity index (χ3v) is 4.08. The van der Waals surface area contributed by atoms with Crippen molar-refractivity contribution in [3.05, 3.63) is 90.3 Å². The highest BCUT2D eigenvalue weighted by atomic mass is 16.2. The second kappa shape index (κ2) is 7.55. The van der Waals surface area contributed by atoms with Crippen LogP contribution in [0.1, 0.15) is 16.1 Å². The molecule has 3 rings (SSSR count). The molecule has 120 valence electrons. The van der Waals surface area contributed by atoms with Gasteiger partial charge in [-0.05, 0) is 23.3 Å². The summed E-state index contributed by atoms with van der Waals surface area (Å²) in [6.45, 7) is 0.680. The van der Waals surface area contributed by atoms with Gasteiger partial charge in [0, 0.05) is 37.7 Å². The molecule has 0 unspecified atom stereocenters. The van der Waals surface area contributed by atoms with Gasteiger partial charge in [0.05, 0.1) is 0 Å².